The van der Waals surface area contributed by atoms with Crippen LogP contribution < -0.4 is 15.1 Å². The summed E-state index contributed by atoms with van der Waals surface area (Å²) in [6.45, 7) is 11.9. The van der Waals surface area contributed by atoms with Gasteiger partial charge in [-0.15, -0.1) is 0 Å². The number of ketones is 1. The zero-order chi connectivity index (χ0) is 32.3. The summed E-state index contributed by atoms with van der Waals surface area (Å²) in [5.41, 5.74) is 2.10. The molecular weight excluding hydrogens is 577 g/mol. The van der Waals surface area contributed by atoms with Crippen LogP contribution in [0.3, 0.4) is 0 Å². The van der Waals surface area contributed by atoms with E-state index in [1.165, 1.54) is 10.4 Å². The largest absolute Gasteiger partial charge is 0.497 e. The zero-order valence-electron chi connectivity index (χ0n) is 27.6. The monoisotopic (exact) mass is 624 g/mol. The van der Waals surface area contributed by atoms with Gasteiger partial charge in [0.25, 0.3) is 8.32 Å². The van der Waals surface area contributed by atoms with E-state index in [2.05, 4.69) is 88.4 Å². The maximum atomic E-state index is 13.1. The normalized spacial score (nSPS) is 14.0. The summed E-state index contributed by atoms with van der Waals surface area (Å²) in [6.07, 6.45) is -0.519. The minimum Gasteiger partial charge on any atom is -0.497 e. The molecule has 0 amide bonds. The molecule has 45 heavy (non-hydrogen) atoms. The first-order valence-electron chi connectivity index (χ1n) is 15.8. The number of hydrogen-bond donors (Lipinski definition) is 0. The van der Waals surface area contributed by atoms with Gasteiger partial charge in [-0.2, -0.15) is 0 Å². The standard InChI is InChI=1S/C39H48O5Si/c1-30(27-42-28-32-16-10-7-11-17-32)37(26-38(31(2)40)43-29-33-22-24-34(41-6)25-23-33)44-45(39(3,4)5,35-18-12-8-13-19-35)36-20-14-9-15-21-36/h7-25,30,37-38H,26-29H2,1-6H3/t30-,37+,38+/m1/s1. The summed E-state index contributed by atoms with van der Waals surface area (Å²) in [4.78, 5) is 13.1. The Balaban J connectivity index is 1.68. The van der Waals surface area contributed by atoms with E-state index in [-0.39, 0.29) is 22.8 Å². The van der Waals surface area contributed by atoms with Gasteiger partial charge in [-0.05, 0) is 45.6 Å². The Bertz CT molecular complexity index is 1400. The van der Waals surface area contributed by atoms with E-state index in [1.54, 1.807) is 14.0 Å². The van der Waals surface area contributed by atoms with Crippen molar-refractivity contribution in [3.05, 3.63) is 126 Å². The van der Waals surface area contributed by atoms with Crippen molar-refractivity contribution < 1.29 is 23.4 Å². The third-order valence-electron chi connectivity index (χ3n) is 8.38. The number of benzene rings is 4. The van der Waals surface area contributed by atoms with Gasteiger partial charge >= 0.3 is 0 Å². The third kappa shape index (κ3) is 9.01. The summed E-state index contributed by atoms with van der Waals surface area (Å²) in [5.74, 6) is 0.753. The van der Waals surface area contributed by atoms with Crippen LogP contribution in [0.1, 0.15) is 52.2 Å². The minimum absolute atomic E-state index is 0.0122. The molecule has 0 saturated heterocycles. The van der Waals surface area contributed by atoms with Crippen LogP contribution >= 0.6 is 0 Å². The molecule has 0 spiro atoms. The highest BCUT2D eigenvalue weighted by Crippen LogP contribution is 2.39. The molecule has 0 fully saturated rings. The Morgan fingerprint density at radius 3 is 1.73 bits per heavy atom. The van der Waals surface area contributed by atoms with Gasteiger partial charge in [0.05, 0.1) is 33.0 Å². The molecule has 0 heterocycles. The molecule has 0 N–H and O–H groups in total. The van der Waals surface area contributed by atoms with Crippen LogP contribution in [0.5, 0.6) is 5.75 Å². The number of methoxy groups -OCH3 is 1. The Morgan fingerprint density at radius 2 is 1.24 bits per heavy atom. The molecule has 4 aromatic rings. The van der Waals surface area contributed by atoms with E-state index >= 15 is 0 Å². The van der Waals surface area contributed by atoms with Crippen molar-refractivity contribution in [3.63, 3.8) is 0 Å². The number of ether oxygens (including phenoxy) is 3. The van der Waals surface area contributed by atoms with E-state index in [4.69, 9.17) is 18.6 Å². The van der Waals surface area contributed by atoms with Gasteiger partial charge in [-0.3, -0.25) is 4.79 Å². The quantitative estimate of drug-likeness (QED) is 0.122. The number of hydrogen-bond acceptors (Lipinski definition) is 5. The molecular formula is C39H48O5Si. The number of Topliss-reactive ketones (excluding diaryl/α,β-unsaturated/α-hetero) is 1. The second kappa shape index (κ2) is 16.1. The second-order valence-electron chi connectivity index (χ2n) is 12.8. The van der Waals surface area contributed by atoms with Crippen molar-refractivity contribution in [2.75, 3.05) is 13.7 Å². The highest BCUT2D eigenvalue weighted by molar-refractivity contribution is 6.99. The average molecular weight is 625 g/mol. The van der Waals surface area contributed by atoms with Crippen molar-refractivity contribution in [2.24, 2.45) is 5.92 Å². The Hall–Kier alpha value is -3.55. The molecule has 0 saturated carbocycles. The average Bonchev–Trinajstić information content (AvgIpc) is 3.05. The molecule has 0 aliphatic heterocycles. The van der Waals surface area contributed by atoms with Gasteiger partial charge < -0.3 is 18.6 Å². The van der Waals surface area contributed by atoms with Gasteiger partial charge in [0.15, 0.2) is 5.78 Å². The maximum Gasteiger partial charge on any atom is 0.261 e. The second-order valence-corrected chi connectivity index (χ2v) is 17.0. The molecule has 0 unspecified atom stereocenters. The van der Waals surface area contributed by atoms with Crippen molar-refractivity contribution in [1.82, 2.24) is 0 Å². The van der Waals surface area contributed by atoms with E-state index in [0.29, 0.717) is 26.2 Å². The van der Waals surface area contributed by atoms with Crippen LogP contribution in [-0.4, -0.2) is 40.0 Å². The molecule has 0 bridgehead atoms. The minimum atomic E-state index is -2.91. The number of carbonyl (C=O) groups is 1. The SMILES string of the molecule is COc1ccc(CO[C@@H](C[C@H](O[Si](c2ccccc2)(c2ccccc2)C(C)(C)C)[C@H](C)COCc2ccccc2)C(C)=O)cc1. The van der Waals surface area contributed by atoms with Gasteiger partial charge in [0, 0.05) is 12.3 Å². The van der Waals surface area contributed by atoms with Gasteiger partial charge in [-0.25, -0.2) is 0 Å². The zero-order valence-corrected chi connectivity index (χ0v) is 28.6. The molecule has 0 aliphatic rings. The van der Waals surface area contributed by atoms with Gasteiger partial charge in [0.1, 0.15) is 11.9 Å². The molecule has 5 nitrogen and oxygen atoms in total. The van der Waals surface area contributed by atoms with Crippen LogP contribution in [0.15, 0.2) is 115 Å². The first-order valence-corrected chi connectivity index (χ1v) is 17.7. The smallest absolute Gasteiger partial charge is 0.261 e. The highest BCUT2D eigenvalue weighted by atomic mass is 28.4. The molecule has 6 heteroatoms. The predicted molar refractivity (Wildman–Crippen MR) is 185 cm³/mol. The van der Waals surface area contributed by atoms with E-state index in [1.807, 2.05) is 54.6 Å². The fourth-order valence-corrected chi connectivity index (χ4v) is 10.6. The molecule has 4 aromatic carbocycles. The number of carbonyl (C=O) groups excluding carboxylic acids is 1. The summed E-state index contributed by atoms with van der Waals surface area (Å²) < 4.78 is 25.5. The Labute approximate surface area is 270 Å². The lowest BCUT2D eigenvalue weighted by Crippen LogP contribution is -2.68. The predicted octanol–water partition coefficient (Wildman–Crippen LogP) is 7.36. The fraction of sp³-hybridized carbons (Fsp3) is 0.359. The lowest BCUT2D eigenvalue weighted by Gasteiger charge is -2.46. The van der Waals surface area contributed by atoms with Crippen LogP contribution in [0.25, 0.3) is 0 Å². The maximum absolute atomic E-state index is 13.1. The molecule has 0 aliphatic carbocycles. The summed E-state index contributed by atoms with van der Waals surface area (Å²) in [6, 6.07) is 39.2. The molecule has 4 rings (SSSR count). The van der Waals surface area contributed by atoms with E-state index in [9.17, 15) is 4.79 Å². The Morgan fingerprint density at radius 1 is 0.733 bits per heavy atom. The van der Waals surface area contributed by atoms with Crippen LogP contribution in [-0.2, 0) is 31.9 Å². The highest BCUT2D eigenvalue weighted by Gasteiger charge is 2.52. The van der Waals surface area contributed by atoms with Crippen molar-refractivity contribution >= 4 is 24.5 Å². The summed E-state index contributed by atoms with van der Waals surface area (Å²) in [7, 11) is -1.27. The van der Waals surface area contributed by atoms with Crippen LogP contribution in [0.2, 0.25) is 5.04 Å². The molecule has 3 atom stereocenters. The topological polar surface area (TPSA) is 54.0 Å². The summed E-state index contributed by atoms with van der Waals surface area (Å²) in [5, 5.41) is 2.18. The fourth-order valence-electron chi connectivity index (χ4n) is 5.84. The van der Waals surface area contributed by atoms with Gasteiger partial charge in [-0.1, -0.05) is 131 Å². The third-order valence-corrected chi connectivity index (χ3v) is 13.4. The first kappa shape index (κ1) is 34.3. The van der Waals surface area contributed by atoms with Crippen LogP contribution in [0, 0.1) is 5.92 Å². The Kier molecular flexibility index (Phi) is 12.3. The van der Waals surface area contributed by atoms with Crippen LogP contribution in [0.4, 0.5) is 0 Å². The molecule has 0 aromatic heterocycles. The first-order chi connectivity index (χ1) is 21.6. The molecule has 238 valence electrons. The van der Waals surface area contributed by atoms with E-state index < -0.39 is 14.4 Å². The summed E-state index contributed by atoms with van der Waals surface area (Å²) >= 11 is 0. The van der Waals surface area contributed by atoms with E-state index in [0.717, 1.165) is 16.9 Å². The van der Waals surface area contributed by atoms with Gasteiger partial charge in [0.2, 0.25) is 0 Å². The van der Waals surface area contributed by atoms with Crippen molar-refractivity contribution in [2.45, 2.75) is 71.5 Å². The molecule has 0 radical (unpaired) electrons. The lowest BCUT2D eigenvalue weighted by molar-refractivity contribution is -0.132. The van der Waals surface area contributed by atoms with Crippen molar-refractivity contribution in [3.8, 4) is 5.75 Å². The number of rotatable bonds is 16. The lowest BCUT2D eigenvalue weighted by atomic mass is 9.98. The van der Waals surface area contributed by atoms with Crippen molar-refractivity contribution in [1.29, 1.82) is 0 Å².